The van der Waals surface area contributed by atoms with Crippen LogP contribution in [-0.4, -0.2) is 18.5 Å². The van der Waals surface area contributed by atoms with Crippen molar-refractivity contribution in [3.05, 3.63) is 94.8 Å². The summed E-state index contributed by atoms with van der Waals surface area (Å²) < 4.78 is 11.0. The van der Waals surface area contributed by atoms with Crippen molar-refractivity contribution in [2.24, 2.45) is 5.41 Å². The lowest BCUT2D eigenvalue weighted by molar-refractivity contribution is -0.138. The number of carbonyl (C=O) groups is 2. The molecule has 30 heavy (non-hydrogen) atoms. The summed E-state index contributed by atoms with van der Waals surface area (Å²) in [7, 11) is 0. The predicted molar refractivity (Wildman–Crippen MR) is 118 cm³/mol. The minimum Gasteiger partial charge on any atom is -0.462 e. The number of cyclic esters (lactones) is 1. The summed E-state index contributed by atoms with van der Waals surface area (Å²) in [5, 5.41) is 0. The van der Waals surface area contributed by atoms with Crippen LogP contribution >= 0.6 is 0 Å². The SMILES string of the molecule is CCOC(=O)C1=C(c2ccccc2)C(=O)O/C1=C(/C=C/c1ccccc1)C(C)(C)C. The van der Waals surface area contributed by atoms with Crippen molar-refractivity contribution in [1.29, 1.82) is 0 Å². The lowest BCUT2D eigenvalue weighted by Gasteiger charge is -2.22. The highest BCUT2D eigenvalue weighted by atomic mass is 16.6. The van der Waals surface area contributed by atoms with E-state index in [-0.39, 0.29) is 28.9 Å². The predicted octanol–water partition coefficient (Wildman–Crippen LogP) is 5.57. The van der Waals surface area contributed by atoms with E-state index in [1.807, 2.05) is 81.5 Å². The van der Waals surface area contributed by atoms with Gasteiger partial charge in [-0.15, -0.1) is 0 Å². The molecule has 4 nitrogen and oxygen atoms in total. The monoisotopic (exact) mass is 402 g/mol. The van der Waals surface area contributed by atoms with Crippen LogP contribution in [0.15, 0.2) is 83.6 Å². The van der Waals surface area contributed by atoms with E-state index in [2.05, 4.69) is 0 Å². The molecule has 154 valence electrons. The molecule has 0 bridgehead atoms. The lowest BCUT2D eigenvalue weighted by atomic mass is 9.83. The average Bonchev–Trinajstić information content (AvgIpc) is 3.05. The number of ether oxygens (including phenoxy) is 2. The number of hydrogen-bond donors (Lipinski definition) is 0. The summed E-state index contributed by atoms with van der Waals surface area (Å²) >= 11 is 0. The largest absolute Gasteiger partial charge is 0.462 e. The Bertz CT molecular complexity index is 1020. The fourth-order valence-corrected chi connectivity index (χ4v) is 3.28. The molecule has 0 saturated heterocycles. The van der Waals surface area contributed by atoms with E-state index in [4.69, 9.17) is 9.47 Å². The number of rotatable bonds is 5. The lowest BCUT2D eigenvalue weighted by Crippen LogP contribution is -2.15. The molecule has 0 aliphatic carbocycles. The van der Waals surface area contributed by atoms with Crippen LogP contribution in [-0.2, 0) is 19.1 Å². The van der Waals surface area contributed by atoms with Crippen LogP contribution in [0.25, 0.3) is 11.6 Å². The first-order valence-electron chi connectivity index (χ1n) is 10.00. The van der Waals surface area contributed by atoms with Gasteiger partial charge < -0.3 is 9.47 Å². The standard InChI is InChI=1S/C26H26O4/c1-5-29-24(27)22-21(19-14-10-7-11-15-19)25(28)30-23(22)20(26(2,3)4)17-16-18-12-8-6-9-13-18/h6-17H,5H2,1-4H3/b17-16+,23-20-. The average molecular weight is 402 g/mol. The third-order valence-corrected chi connectivity index (χ3v) is 4.71. The Morgan fingerprint density at radius 3 is 2.17 bits per heavy atom. The van der Waals surface area contributed by atoms with E-state index in [9.17, 15) is 9.59 Å². The van der Waals surface area contributed by atoms with Crippen LogP contribution in [0.3, 0.4) is 0 Å². The van der Waals surface area contributed by atoms with Crippen molar-refractivity contribution in [3.63, 3.8) is 0 Å². The second-order valence-electron chi connectivity index (χ2n) is 7.96. The number of hydrogen-bond acceptors (Lipinski definition) is 4. The summed E-state index contributed by atoms with van der Waals surface area (Å²) in [6.07, 6.45) is 3.86. The Morgan fingerprint density at radius 2 is 1.60 bits per heavy atom. The summed E-state index contributed by atoms with van der Waals surface area (Å²) in [6.45, 7) is 7.99. The zero-order chi connectivity index (χ0) is 21.7. The number of carbonyl (C=O) groups excluding carboxylic acids is 2. The molecule has 0 aromatic heterocycles. The maximum Gasteiger partial charge on any atom is 0.345 e. The zero-order valence-electron chi connectivity index (χ0n) is 17.8. The zero-order valence-corrected chi connectivity index (χ0v) is 17.8. The molecule has 0 spiro atoms. The van der Waals surface area contributed by atoms with E-state index >= 15 is 0 Å². The van der Waals surface area contributed by atoms with Gasteiger partial charge in [-0.25, -0.2) is 9.59 Å². The molecule has 0 unspecified atom stereocenters. The molecule has 1 aliphatic heterocycles. The van der Waals surface area contributed by atoms with Gasteiger partial charge in [0.15, 0.2) is 0 Å². The molecule has 0 fully saturated rings. The van der Waals surface area contributed by atoms with Gasteiger partial charge >= 0.3 is 11.9 Å². The van der Waals surface area contributed by atoms with E-state index in [1.165, 1.54) is 0 Å². The fourth-order valence-electron chi connectivity index (χ4n) is 3.28. The Kier molecular flexibility index (Phi) is 6.36. The van der Waals surface area contributed by atoms with E-state index in [1.54, 1.807) is 19.1 Å². The van der Waals surface area contributed by atoms with Crippen molar-refractivity contribution < 1.29 is 19.1 Å². The molecule has 2 aromatic rings. The Labute approximate surface area is 177 Å². The maximum atomic E-state index is 12.9. The van der Waals surface area contributed by atoms with Crippen molar-refractivity contribution in [1.82, 2.24) is 0 Å². The first-order chi connectivity index (χ1) is 14.3. The smallest absolute Gasteiger partial charge is 0.345 e. The molecule has 0 radical (unpaired) electrons. The quantitative estimate of drug-likeness (QED) is 0.613. The Hall–Kier alpha value is -3.40. The summed E-state index contributed by atoms with van der Waals surface area (Å²) in [4.78, 5) is 25.8. The normalized spacial score (nSPS) is 16.1. The first kappa shape index (κ1) is 21.3. The molecule has 0 N–H and O–H groups in total. The van der Waals surface area contributed by atoms with Crippen molar-refractivity contribution in [3.8, 4) is 0 Å². The molecule has 4 heteroatoms. The van der Waals surface area contributed by atoms with Gasteiger partial charge in [0.25, 0.3) is 0 Å². The third kappa shape index (κ3) is 4.60. The minimum absolute atomic E-state index is 0.177. The molecule has 1 heterocycles. The molecular weight excluding hydrogens is 376 g/mol. The van der Waals surface area contributed by atoms with Gasteiger partial charge in [-0.3, -0.25) is 0 Å². The van der Waals surface area contributed by atoms with Gasteiger partial charge in [0.05, 0.1) is 12.2 Å². The van der Waals surface area contributed by atoms with Crippen LogP contribution in [0.5, 0.6) is 0 Å². The van der Waals surface area contributed by atoms with Crippen LogP contribution in [0.1, 0.15) is 38.8 Å². The maximum absolute atomic E-state index is 12.9. The van der Waals surface area contributed by atoms with Crippen LogP contribution in [0, 0.1) is 5.41 Å². The highest BCUT2D eigenvalue weighted by Gasteiger charge is 2.39. The third-order valence-electron chi connectivity index (χ3n) is 4.71. The topological polar surface area (TPSA) is 52.6 Å². The summed E-state index contributed by atoms with van der Waals surface area (Å²) in [5.41, 5.74) is 2.41. The Morgan fingerprint density at radius 1 is 1.00 bits per heavy atom. The number of allylic oxidation sites excluding steroid dienone is 2. The van der Waals surface area contributed by atoms with Crippen LogP contribution < -0.4 is 0 Å². The van der Waals surface area contributed by atoms with Gasteiger partial charge in [-0.2, -0.15) is 0 Å². The highest BCUT2D eigenvalue weighted by molar-refractivity contribution is 6.27. The first-order valence-corrected chi connectivity index (χ1v) is 10.00. The molecule has 0 amide bonds. The minimum atomic E-state index is -0.563. The molecule has 3 rings (SSSR count). The van der Waals surface area contributed by atoms with Gasteiger partial charge in [-0.1, -0.05) is 93.6 Å². The molecule has 0 saturated carbocycles. The van der Waals surface area contributed by atoms with Crippen molar-refractivity contribution in [2.45, 2.75) is 27.7 Å². The number of esters is 2. The summed E-state index contributed by atoms with van der Waals surface area (Å²) in [6, 6.07) is 18.9. The second-order valence-corrected chi connectivity index (χ2v) is 7.96. The Balaban J connectivity index is 2.23. The van der Waals surface area contributed by atoms with E-state index < -0.39 is 11.9 Å². The van der Waals surface area contributed by atoms with E-state index in [0.717, 1.165) is 11.1 Å². The van der Waals surface area contributed by atoms with Gasteiger partial charge in [0, 0.05) is 5.57 Å². The summed E-state index contributed by atoms with van der Waals surface area (Å²) in [5.74, 6) is -0.849. The fraction of sp³-hybridized carbons (Fsp3) is 0.231. The highest BCUT2D eigenvalue weighted by Crippen LogP contribution is 2.41. The van der Waals surface area contributed by atoms with Gasteiger partial charge in [-0.05, 0) is 23.5 Å². The second kappa shape index (κ2) is 8.95. The molecular formula is C26H26O4. The van der Waals surface area contributed by atoms with E-state index in [0.29, 0.717) is 5.56 Å². The van der Waals surface area contributed by atoms with Crippen molar-refractivity contribution in [2.75, 3.05) is 6.61 Å². The molecule has 1 aliphatic rings. The van der Waals surface area contributed by atoms with Crippen LogP contribution in [0.2, 0.25) is 0 Å². The molecule has 0 atom stereocenters. The van der Waals surface area contributed by atoms with Crippen molar-refractivity contribution >= 4 is 23.6 Å². The van der Waals surface area contributed by atoms with Gasteiger partial charge in [0.2, 0.25) is 0 Å². The molecule has 2 aromatic carbocycles. The van der Waals surface area contributed by atoms with Gasteiger partial charge in [0.1, 0.15) is 11.3 Å². The van der Waals surface area contributed by atoms with Crippen LogP contribution in [0.4, 0.5) is 0 Å². The number of benzene rings is 2.